The summed E-state index contributed by atoms with van der Waals surface area (Å²) in [6, 6.07) is 8.17. The Morgan fingerprint density at radius 2 is 2.17 bits per heavy atom. The Morgan fingerprint density at radius 3 is 2.83 bits per heavy atom. The zero-order valence-corrected chi connectivity index (χ0v) is 15.2. The molecule has 5 heteroatoms. The molecule has 1 aliphatic heterocycles. The number of ether oxygens (including phenoxy) is 1. The van der Waals surface area contributed by atoms with Crippen molar-refractivity contribution in [3.8, 4) is 0 Å². The Morgan fingerprint density at radius 1 is 1.42 bits per heavy atom. The molecule has 134 valence electrons. The fourth-order valence-electron chi connectivity index (χ4n) is 2.98. The third kappa shape index (κ3) is 5.89. The molecule has 0 aromatic heterocycles. The first-order valence-electron chi connectivity index (χ1n) is 8.79. The molecule has 1 atom stereocenters. The van der Waals surface area contributed by atoms with Crippen molar-refractivity contribution in [3.05, 3.63) is 35.4 Å². The van der Waals surface area contributed by atoms with E-state index in [4.69, 9.17) is 10.5 Å². The molecule has 0 spiro atoms. The number of rotatable bonds is 8. The molecule has 1 aromatic carbocycles. The highest BCUT2D eigenvalue weighted by Crippen LogP contribution is 2.27. The summed E-state index contributed by atoms with van der Waals surface area (Å²) in [6.07, 6.45) is 1.28. The summed E-state index contributed by atoms with van der Waals surface area (Å²) in [4.78, 5) is 14.4. The molecular formula is C19H31N3O2. The first-order valence-corrected chi connectivity index (χ1v) is 8.79. The van der Waals surface area contributed by atoms with Crippen LogP contribution in [-0.2, 0) is 22.7 Å². The fraction of sp³-hybridized carbons (Fsp3) is 0.632. The van der Waals surface area contributed by atoms with Crippen molar-refractivity contribution in [2.24, 2.45) is 11.1 Å². The molecule has 0 saturated carbocycles. The number of carbonyl (C=O) groups is 1. The Balaban J connectivity index is 1.77. The summed E-state index contributed by atoms with van der Waals surface area (Å²) in [6.45, 7) is 10.4. The molecule has 3 N–H and O–H groups in total. The van der Waals surface area contributed by atoms with Crippen molar-refractivity contribution < 1.29 is 9.53 Å². The first-order chi connectivity index (χ1) is 11.4. The van der Waals surface area contributed by atoms with Crippen LogP contribution < -0.4 is 11.1 Å². The minimum Gasteiger partial charge on any atom is -0.374 e. The molecule has 24 heavy (non-hydrogen) atoms. The Bertz CT molecular complexity index is 547. The van der Waals surface area contributed by atoms with Crippen molar-refractivity contribution in [1.29, 1.82) is 0 Å². The number of amides is 1. The molecule has 1 aliphatic rings. The van der Waals surface area contributed by atoms with Gasteiger partial charge in [0, 0.05) is 13.1 Å². The van der Waals surface area contributed by atoms with Crippen LogP contribution in [0.25, 0.3) is 0 Å². The van der Waals surface area contributed by atoms with Crippen molar-refractivity contribution in [2.75, 3.05) is 26.2 Å². The van der Waals surface area contributed by atoms with Gasteiger partial charge in [0.05, 0.1) is 19.3 Å². The van der Waals surface area contributed by atoms with Crippen LogP contribution in [0.4, 0.5) is 0 Å². The van der Waals surface area contributed by atoms with Gasteiger partial charge in [-0.2, -0.15) is 0 Å². The SMILES string of the molecule is CC(C)OCc1cccc(CNC(=O)CN2CCC(C)(CN)C2)c1. The number of hydrogen-bond acceptors (Lipinski definition) is 4. The number of nitrogens with two attached hydrogens (primary N) is 1. The maximum absolute atomic E-state index is 12.2. The monoisotopic (exact) mass is 333 g/mol. The molecule has 1 fully saturated rings. The van der Waals surface area contributed by atoms with Crippen molar-refractivity contribution in [1.82, 2.24) is 10.2 Å². The molecule has 0 bridgehead atoms. The molecule has 5 nitrogen and oxygen atoms in total. The van der Waals surface area contributed by atoms with Crippen LogP contribution >= 0.6 is 0 Å². The van der Waals surface area contributed by atoms with E-state index in [-0.39, 0.29) is 17.4 Å². The van der Waals surface area contributed by atoms with E-state index in [1.165, 1.54) is 0 Å². The second-order valence-corrected chi connectivity index (χ2v) is 7.43. The lowest BCUT2D eigenvalue weighted by Gasteiger charge is -2.22. The van der Waals surface area contributed by atoms with E-state index in [0.29, 0.717) is 26.2 Å². The predicted molar refractivity (Wildman–Crippen MR) is 96.4 cm³/mol. The third-order valence-electron chi connectivity index (χ3n) is 4.56. The Kier molecular flexibility index (Phi) is 6.78. The van der Waals surface area contributed by atoms with Crippen molar-refractivity contribution in [2.45, 2.75) is 46.4 Å². The van der Waals surface area contributed by atoms with Crippen LogP contribution in [0, 0.1) is 5.41 Å². The van der Waals surface area contributed by atoms with Crippen LogP contribution in [-0.4, -0.2) is 43.1 Å². The largest absolute Gasteiger partial charge is 0.374 e. The van der Waals surface area contributed by atoms with Gasteiger partial charge in [0.15, 0.2) is 0 Å². The van der Waals surface area contributed by atoms with Gasteiger partial charge in [0.25, 0.3) is 0 Å². The van der Waals surface area contributed by atoms with Gasteiger partial charge in [-0.05, 0) is 49.9 Å². The number of hydrogen-bond donors (Lipinski definition) is 2. The van der Waals surface area contributed by atoms with E-state index in [1.807, 2.05) is 32.0 Å². The minimum atomic E-state index is 0.0695. The topological polar surface area (TPSA) is 67.6 Å². The zero-order valence-electron chi connectivity index (χ0n) is 15.2. The molecule has 0 radical (unpaired) electrons. The van der Waals surface area contributed by atoms with Gasteiger partial charge in [0.2, 0.25) is 5.91 Å². The van der Waals surface area contributed by atoms with E-state index in [2.05, 4.69) is 23.2 Å². The lowest BCUT2D eigenvalue weighted by Crippen LogP contribution is -2.38. The second kappa shape index (κ2) is 8.60. The van der Waals surface area contributed by atoms with Gasteiger partial charge in [0.1, 0.15) is 0 Å². The van der Waals surface area contributed by atoms with E-state index in [1.54, 1.807) is 0 Å². The number of likely N-dealkylation sites (tertiary alicyclic amines) is 1. The minimum absolute atomic E-state index is 0.0695. The van der Waals surface area contributed by atoms with E-state index < -0.39 is 0 Å². The first kappa shape index (κ1) is 18.9. The standard InChI is InChI=1S/C19H31N3O2/c1-15(2)24-12-17-6-4-5-16(9-17)10-21-18(23)11-22-8-7-19(3,13-20)14-22/h4-6,9,15H,7-8,10-14,20H2,1-3H3,(H,21,23). The van der Waals surface area contributed by atoms with E-state index in [9.17, 15) is 4.79 Å². The zero-order chi connectivity index (χ0) is 17.6. The van der Waals surface area contributed by atoms with E-state index in [0.717, 1.165) is 30.6 Å². The molecule has 0 aliphatic carbocycles. The molecule has 1 saturated heterocycles. The van der Waals surface area contributed by atoms with Gasteiger partial charge in [-0.15, -0.1) is 0 Å². The molecule has 2 rings (SSSR count). The predicted octanol–water partition coefficient (Wildman–Crippen LogP) is 1.90. The Hall–Kier alpha value is -1.43. The maximum atomic E-state index is 12.2. The van der Waals surface area contributed by atoms with Gasteiger partial charge in [-0.3, -0.25) is 9.69 Å². The van der Waals surface area contributed by atoms with Gasteiger partial charge >= 0.3 is 0 Å². The second-order valence-electron chi connectivity index (χ2n) is 7.43. The number of nitrogens with zero attached hydrogens (tertiary/aromatic N) is 1. The van der Waals surface area contributed by atoms with Crippen LogP contribution in [0.5, 0.6) is 0 Å². The average molecular weight is 333 g/mol. The fourth-order valence-corrected chi connectivity index (χ4v) is 2.98. The highest BCUT2D eigenvalue weighted by molar-refractivity contribution is 5.78. The quantitative estimate of drug-likeness (QED) is 0.762. The number of benzene rings is 1. The summed E-state index contributed by atoms with van der Waals surface area (Å²) >= 11 is 0. The van der Waals surface area contributed by atoms with E-state index >= 15 is 0 Å². The number of nitrogens with one attached hydrogen (secondary N) is 1. The molecule has 1 aromatic rings. The molecule has 1 amide bonds. The summed E-state index contributed by atoms with van der Waals surface area (Å²) in [7, 11) is 0. The van der Waals surface area contributed by atoms with Crippen LogP contribution in [0.2, 0.25) is 0 Å². The molecule has 1 unspecified atom stereocenters. The van der Waals surface area contributed by atoms with Crippen molar-refractivity contribution >= 4 is 5.91 Å². The molecular weight excluding hydrogens is 302 g/mol. The highest BCUT2D eigenvalue weighted by Gasteiger charge is 2.32. The van der Waals surface area contributed by atoms with Crippen LogP contribution in [0.1, 0.15) is 38.3 Å². The van der Waals surface area contributed by atoms with Crippen LogP contribution in [0.3, 0.4) is 0 Å². The average Bonchev–Trinajstić information content (AvgIpc) is 2.93. The van der Waals surface area contributed by atoms with Crippen LogP contribution in [0.15, 0.2) is 24.3 Å². The molecule has 1 heterocycles. The maximum Gasteiger partial charge on any atom is 0.234 e. The lowest BCUT2D eigenvalue weighted by atomic mass is 9.90. The normalized spacial score (nSPS) is 21.4. The van der Waals surface area contributed by atoms with Gasteiger partial charge in [-0.25, -0.2) is 0 Å². The van der Waals surface area contributed by atoms with Gasteiger partial charge in [-0.1, -0.05) is 31.2 Å². The smallest absolute Gasteiger partial charge is 0.234 e. The third-order valence-corrected chi connectivity index (χ3v) is 4.56. The van der Waals surface area contributed by atoms with Crippen molar-refractivity contribution in [3.63, 3.8) is 0 Å². The number of carbonyl (C=O) groups excluding carboxylic acids is 1. The Labute approximate surface area is 145 Å². The summed E-state index contributed by atoms with van der Waals surface area (Å²) < 4.78 is 5.62. The summed E-state index contributed by atoms with van der Waals surface area (Å²) in [5.74, 6) is 0.0695. The van der Waals surface area contributed by atoms with Gasteiger partial charge < -0.3 is 15.8 Å². The lowest BCUT2D eigenvalue weighted by molar-refractivity contribution is -0.122. The summed E-state index contributed by atoms with van der Waals surface area (Å²) in [5.41, 5.74) is 8.21. The summed E-state index contributed by atoms with van der Waals surface area (Å²) in [5, 5.41) is 3.01. The highest BCUT2D eigenvalue weighted by atomic mass is 16.5.